The molecule has 0 atom stereocenters. The van der Waals surface area contributed by atoms with Gasteiger partial charge in [-0.2, -0.15) is 0 Å². The third kappa shape index (κ3) is 11.4. The van der Waals surface area contributed by atoms with Crippen LogP contribution < -0.4 is 10.7 Å². The second-order valence-corrected chi connectivity index (χ2v) is 4.04. The Morgan fingerprint density at radius 2 is 2.00 bits per heavy atom. The zero-order chi connectivity index (χ0) is 19.0. The fraction of sp³-hybridized carbons (Fsp3) is 0.538. The lowest BCUT2D eigenvalue weighted by molar-refractivity contribution is -0.128. The fourth-order valence-electron chi connectivity index (χ4n) is 0.925. The van der Waals surface area contributed by atoms with Crippen LogP contribution in [0.4, 0.5) is 8.78 Å². The van der Waals surface area contributed by atoms with E-state index in [2.05, 4.69) is 25.2 Å². The predicted octanol–water partition coefficient (Wildman–Crippen LogP) is 1.51. The number of aromatic nitrogens is 2. The Hall–Kier alpha value is -2.14. The number of nitrogens with one attached hydrogen (secondary N) is 2. The molecular weight excluding hydrogens is 346 g/mol. The first-order valence-electron chi connectivity index (χ1n) is 6.77. The van der Waals surface area contributed by atoms with Crippen molar-refractivity contribution in [1.82, 2.24) is 15.0 Å². The van der Waals surface area contributed by atoms with E-state index in [4.69, 9.17) is 12.2 Å². The van der Waals surface area contributed by atoms with Crippen molar-refractivity contribution in [3.05, 3.63) is 17.7 Å². The molecule has 1 heterocycles. The van der Waals surface area contributed by atoms with Gasteiger partial charge in [0.1, 0.15) is 5.69 Å². The van der Waals surface area contributed by atoms with Crippen LogP contribution in [-0.2, 0) is 14.3 Å². The Kier molecular flexibility index (Phi) is 15.8. The summed E-state index contributed by atoms with van der Waals surface area (Å²) in [5.74, 6) is -0.164. The van der Waals surface area contributed by atoms with Crippen molar-refractivity contribution in [2.24, 2.45) is 0 Å². The van der Waals surface area contributed by atoms with Gasteiger partial charge in [0, 0.05) is 20.8 Å². The van der Waals surface area contributed by atoms with Gasteiger partial charge >= 0.3 is 0 Å². The van der Waals surface area contributed by atoms with Crippen molar-refractivity contribution in [1.29, 1.82) is 0 Å². The highest BCUT2D eigenvalue weighted by Gasteiger charge is 2.15. The maximum absolute atomic E-state index is 12.2. The van der Waals surface area contributed by atoms with Crippen molar-refractivity contribution >= 4 is 30.1 Å². The van der Waals surface area contributed by atoms with E-state index < -0.39 is 12.1 Å². The molecule has 0 radical (unpaired) electrons. The zero-order valence-electron chi connectivity index (χ0n) is 13.9. The van der Waals surface area contributed by atoms with E-state index >= 15 is 0 Å². The molecule has 1 aromatic heterocycles. The molecule has 2 N–H and O–H groups in total. The molecule has 0 saturated heterocycles. The standard InChI is InChI=1S/C7H8F2N4OS.C3H6O2.C3H8O/c1-10-7(15)12-13-2-4(6(8)9)11-5(13)3-14;1-2-5-3-4;1-3-4-2/h2-3,6H,1H3,(H2,10,12,15);3H,2H2,1H3;3H2,1-2H3. The average Bonchev–Trinajstić information content (AvgIpc) is 2.99. The molecule has 24 heavy (non-hydrogen) atoms. The van der Waals surface area contributed by atoms with E-state index in [0.29, 0.717) is 19.4 Å². The number of thiocarbonyl (C=S) groups is 1. The Morgan fingerprint density at radius 3 is 2.29 bits per heavy atom. The molecule has 0 spiro atoms. The van der Waals surface area contributed by atoms with Crippen molar-refractivity contribution < 1.29 is 27.8 Å². The van der Waals surface area contributed by atoms with Crippen LogP contribution in [0.2, 0.25) is 0 Å². The van der Waals surface area contributed by atoms with Crippen molar-refractivity contribution in [2.75, 3.05) is 32.8 Å². The molecule has 0 amide bonds. The van der Waals surface area contributed by atoms with Crippen LogP contribution in [0.3, 0.4) is 0 Å². The van der Waals surface area contributed by atoms with Crippen LogP contribution in [0, 0.1) is 0 Å². The number of carbonyl (C=O) groups is 2. The van der Waals surface area contributed by atoms with Gasteiger partial charge in [-0.15, -0.1) is 0 Å². The molecule has 0 aromatic carbocycles. The van der Waals surface area contributed by atoms with Crippen molar-refractivity contribution in [3.8, 4) is 0 Å². The van der Waals surface area contributed by atoms with Gasteiger partial charge < -0.3 is 14.8 Å². The number of methoxy groups -OCH3 is 1. The lowest BCUT2D eigenvalue weighted by Crippen LogP contribution is -2.31. The Balaban J connectivity index is 0. The number of aldehydes is 1. The molecule has 138 valence electrons. The lowest BCUT2D eigenvalue weighted by Gasteiger charge is -2.07. The van der Waals surface area contributed by atoms with Crippen LogP contribution in [0.25, 0.3) is 0 Å². The van der Waals surface area contributed by atoms with E-state index in [9.17, 15) is 18.4 Å². The highest BCUT2D eigenvalue weighted by atomic mass is 32.1. The lowest BCUT2D eigenvalue weighted by atomic mass is 10.5. The SMILES string of the molecule is CCOC.CCOC=O.CNC(=S)Nn1cc(C(F)F)nc1C=O. The highest BCUT2D eigenvalue weighted by molar-refractivity contribution is 7.80. The predicted molar refractivity (Wildman–Crippen MR) is 88.8 cm³/mol. The molecule has 0 unspecified atom stereocenters. The van der Waals surface area contributed by atoms with Crippen LogP contribution in [-0.4, -0.2) is 54.9 Å². The second kappa shape index (κ2) is 15.7. The molecule has 0 fully saturated rings. The highest BCUT2D eigenvalue weighted by Crippen LogP contribution is 2.16. The summed E-state index contributed by atoms with van der Waals surface area (Å²) in [5.41, 5.74) is 2.01. The second-order valence-electron chi connectivity index (χ2n) is 3.63. The molecule has 11 heteroatoms. The zero-order valence-corrected chi connectivity index (χ0v) is 14.7. The van der Waals surface area contributed by atoms with E-state index in [1.807, 2.05) is 6.92 Å². The average molecular weight is 368 g/mol. The number of halogens is 2. The summed E-state index contributed by atoms with van der Waals surface area (Å²) in [6.07, 6.45) is -1.36. The summed E-state index contributed by atoms with van der Waals surface area (Å²) in [7, 11) is 3.24. The van der Waals surface area contributed by atoms with Gasteiger partial charge in [0.05, 0.1) is 12.8 Å². The van der Waals surface area contributed by atoms with E-state index in [1.165, 1.54) is 0 Å². The Labute approximate surface area is 144 Å². The quantitative estimate of drug-likeness (QED) is 0.576. The van der Waals surface area contributed by atoms with Gasteiger partial charge in [0.25, 0.3) is 12.9 Å². The molecule has 0 aliphatic carbocycles. The number of carbonyl (C=O) groups excluding carboxylic acids is 2. The van der Waals surface area contributed by atoms with Crippen LogP contribution in [0.15, 0.2) is 6.20 Å². The van der Waals surface area contributed by atoms with Gasteiger partial charge in [-0.25, -0.2) is 18.4 Å². The minimum atomic E-state index is -2.73. The Bertz CT molecular complexity index is 485. The third-order valence-corrected chi connectivity index (χ3v) is 2.35. The van der Waals surface area contributed by atoms with Crippen molar-refractivity contribution in [3.63, 3.8) is 0 Å². The molecule has 1 aromatic rings. The smallest absolute Gasteiger partial charge is 0.293 e. The number of hydrogen-bond donors (Lipinski definition) is 2. The minimum Gasteiger partial charge on any atom is -0.468 e. The summed E-state index contributed by atoms with van der Waals surface area (Å²) < 4.78 is 34.2. The Morgan fingerprint density at radius 1 is 1.42 bits per heavy atom. The molecular formula is C13H22F2N4O4S. The number of ether oxygens (including phenoxy) is 2. The minimum absolute atomic E-state index is 0.164. The number of hydrogen-bond acceptors (Lipinski definition) is 6. The van der Waals surface area contributed by atoms with E-state index in [1.54, 1.807) is 21.1 Å². The summed E-state index contributed by atoms with van der Waals surface area (Å²) in [4.78, 5) is 23.1. The molecule has 0 bridgehead atoms. The van der Waals surface area contributed by atoms with Gasteiger partial charge in [-0.05, 0) is 26.1 Å². The van der Waals surface area contributed by atoms with Gasteiger partial charge in [0.15, 0.2) is 17.2 Å². The first-order valence-corrected chi connectivity index (χ1v) is 7.17. The number of alkyl halides is 2. The number of imidazole rings is 1. The summed E-state index contributed by atoms with van der Waals surface area (Å²) in [6, 6.07) is 0. The van der Waals surface area contributed by atoms with E-state index in [0.717, 1.165) is 17.5 Å². The van der Waals surface area contributed by atoms with Gasteiger partial charge in [0.2, 0.25) is 0 Å². The summed E-state index contributed by atoms with van der Waals surface area (Å²) >= 11 is 4.75. The molecule has 8 nitrogen and oxygen atoms in total. The molecule has 0 aliphatic heterocycles. The maximum Gasteiger partial charge on any atom is 0.293 e. The van der Waals surface area contributed by atoms with Crippen LogP contribution in [0.1, 0.15) is 36.6 Å². The summed E-state index contributed by atoms with van der Waals surface area (Å²) in [6.45, 7) is 5.44. The third-order valence-electron chi connectivity index (χ3n) is 2.05. The number of rotatable bonds is 6. The largest absolute Gasteiger partial charge is 0.468 e. The first kappa shape index (κ1) is 24.1. The summed E-state index contributed by atoms with van der Waals surface area (Å²) in [5, 5.41) is 2.76. The van der Waals surface area contributed by atoms with E-state index in [-0.39, 0.29) is 10.9 Å². The topological polar surface area (TPSA) is 94.5 Å². The van der Waals surface area contributed by atoms with Gasteiger partial charge in [-0.3, -0.25) is 15.0 Å². The monoisotopic (exact) mass is 368 g/mol. The maximum atomic E-state index is 12.2. The molecule has 0 aliphatic rings. The molecule has 1 rings (SSSR count). The first-order chi connectivity index (χ1) is 11.4. The number of nitrogens with zero attached hydrogens (tertiary/aromatic N) is 2. The van der Waals surface area contributed by atoms with Crippen molar-refractivity contribution in [2.45, 2.75) is 20.3 Å². The fourth-order valence-corrected chi connectivity index (χ4v) is 1.02. The van der Waals surface area contributed by atoms with Gasteiger partial charge in [-0.1, -0.05) is 0 Å². The van der Waals surface area contributed by atoms with Crippen LogP contribution in [0.5, 0.6) is 0 Å². The normalized spacial score (nSPS) is 8.96. The molecule has 0 saturated carbocycles. The van der Waals surface area contributed by atoms with Crippen LogP contribution >= 0.6 is 12.2 Å².